The minimum absolute atomic E-state index is 0.812. The number of hydrogen-bond acceptors (Lipinski definition) is 0. The van der Waals surface area contributed by atoms with Gasteiger partial charge in [-0.25, -0.2) is 0 Å². The molecule has 0 saturated heterocycles. The Morgan fingerprint density at radius 2 is 1.90 bits per heavy atom. The second-order valence-electron chi connectivity index (χ2n) is 3.36. The van der Waals surface area contributed by atoms with Crippen molar-refractivity contribution in [3.8, 4) is 0 Å². The molecular weight excluding hydrogens is 120 g/mol. The van der Waals surface area contributed by atoms with Crippen LogP contribution in [-0.2, 0) is 0 Å². The predicted molar refractivity (Wildman–Crippen MR) is 45.9 cm³/mol. The van der Waals surface area contributed by atoms with Crippen LogP contribution in [-0.4, -0.2) is 0 Å². The maximum absolute atomic E-state index is 4.16. The largest absolute Gasteiger partial charge is 0.0993 e. The van der Waals surface area contributed by atoms with Crippen LogP contribution in [0.2, 0.25) is 0 Å². The molecule has 0 unspecified atom stereocenters. The highest BCUT2D eigenvalue weighted by Gasteiger charge is 2.27. The summed E-state index contributed by atoms with van der Waals surface area (Å²) in [4.78, 5) is 0. The van der Waals surface area contributed by atoms with Crippen molar-refractivity contribution in [1.82, 2.24) is 0 Å². The second-order valence-corrected chi connectivity index (χ2v) is 3.36. The monoisotopic (exact) mass is 138 g/mol. The summed E-state index contributed by atoms with van der Waals surface area (Å²) in [7, 11) is 0. The molecule has 0 atom stereocenters. The van der Waals surface area contributed by atoms with Gasteiger partial charge in [-0.3, -0.25) is 0 Å². The summed E-state index contributed by atoms with van der Waals surface area (Å²) in [5, 5.41) is 0. The van der Waals surface area contributed by atoms with Crippen molar-refractivity contribution in [3.63, 3.8) is 0 Å². The van der Waals surface area contributed by atoms with E-state index in [2.05, 4.69) is 20.4 Å². The van der Waals surface area contributed by atoms with Crippen LogP contribution in [0.25, 0.3) is 0 Å². The molecule has 0 spiro atoms. The van der Waals surface area contributed by atoms with Crippen molar-refractivity contribution in [2.24, 2.45) is 11.8 Å². The van der Waals surface area contributed by atoms with Gasteiger partial charge < -0.3 is 0 Å². The normalized spacial score (nSPS) is 17.9. The highest BCUT2D eigenvalue weighted by Crippen LogP contribution is 2.40. The Bertz CT molecular complexity index is 116. The Kier molecular flexibility index (Phi) is 2.53. The molecule has 0 nitrogen and oxygen atoms in total. The average Bonchev–Trinajstić information content (AvgIpc) is 2.71. The Morgan fingerprint density at radius 1 is 1.40 bits per heavy atom. The van der Waals surface area contributed by atoms with E-state index in [4.69, 9.17) is 0 Å². The van der Waals surface area contributed by atoms with Crippen molar-refractivity contribution in [1.29, 1.82) is 0 Å². The number of allylic oxidation sites excluding steroid dienone is 1. The molecule has 0 aromatic rings. The fourth-order valence-corrected chi connectivity index (χ4v) is 1.60. The molecule has 1 fully saturated rings. The number of rotatable bonds is 4. The van der Waals surface area contributed by atoms with Crippen LogP contribution in [0.4, 0.5) is 0 Å². The molecule has 0 radical (unpaired) electrons. The van der Waals surface area contributed by atoms with E-state index < -0.39 is 0 Å². The van der Waals surface area contributed by atoms with Crippen LogP contribution in [0.3, 0.4) is 0 Å². The Balaban J connectivity index is 2.35. The molecule has 10 heavy (non-hydrogen) atoms. The summed E-state index contributed by atoms with van der Waals surface area (Å²) < 4.78 is 0. The average molecular weight is 138 g/mol. The Hall–Kier alpha value is -0.260. The minimum Gasteiger partial charge on any atom is -0.0993 e. The smallest absolute Gasteiger partial charge is 0.0203 e. The lowest BCUT2D eigenvalue weighted by molar-refractivity contribution is 0.546. The zero-order chi connectivity index (χ0) is 7.56. The molecule has 58 valence electrons. The Labute approximate surface area is 64.3 Å². The highest BCUT2D eigenvalue weighted by molar-refractivity contribution is 5.10. The van der Waals surface area contributed by atoms with Crippen molar-refractivity contribution >= 4 is 0 Å². The third-order valence-corrected chi connectivity index (χ3v) is 2.61. The third kappa shape index (κ3) is 1.62. The van der Waals surface area contributed by atoms with Gasteiger partial charge in [-0.2, -0.15) is 0 Å². The lowest BCUT2D eigenvalue weighted by atomic mass is 9.92. The molecular formula is C10H18. The first-order valence-electron chi connectivity index (χ1n) is 4.48. The van der Waals surface area contributed by atoms with Gasteiger partial charge in [-0.15, -0.1) is 0 Å². The predicted octanol–water partition coefficient (Wildman–Crippen LogP) is 3.39. The fraction of sp³-hybridized carbons (Fsp3) is 0.800. The molecule has 1 saturated carbocycles. The van der Waals surface area contributed by atoms with Gasteiger partial charge in [0.05, 0.1) is 0 Å². The zero-order valence-electron chi connectivity index (χ0n) is 7.19. The molecule has 0 aromatic heterocycles. The van der Waals surface area contributed by atoms with E-state index in [1.807, 2.05) is 0 Å². The van der Waals surface area contributed by atoms with Crippen LogP contribution in [0.1, 0.15) is 39.5 Å². The van der Waals surface area contributed by atoms with E-state index in [1.165, 1.54) is 31.3 Å². The molecule has 0 amide bonds. The van der Waals surface area contributed by atoms with Gasteiger partial charge in [-0.1, -0.05) is 26.0 Å². The highest BCUT2D eigenvalue weighted by atomic mass is 14.3. The topological polar surface area (TPSA) is 0 Å². The fourth-order valence-electron chi connectivity index (χ4n) is 1.60. The van der Waals surface area contributed by atoms with Crippen LogP contribution >= 0.6 is 0 Å². The van der Waals surface area contributed by atoms with Crippen LogP contribution in [0.5, 0.6) is 0 Å². The summed E-state index contributed by atoms with van der Waals surface area (Å²) in [6, 6.07) is 0. The van der Waals surface area contributed by atoms with Gasteiger partial charge in [0.25, 0.3) is 0 Å². The van der Waals surface area contributed by atoms with Gasteiger partial charge in [0.2, 0.25) is 0 Å². The Morgan fingerprint density at radius 3 is 2.20 bits per heavy atom. The summed E-state index contributed by atoms with van der Waals surface area (Å²) in [6.07, 6.45) is 5.39. The first-order chi connectivity index (χ1) is 4.79. The van der Waals surface area contributed by atoms with Crippen molar-refractivity contribution in [2.45, 2.75) is 39.5 Å². The van der Waals surface area contributed by atoms with Crippen molar-refractivity contribution < 1.29 is 0 Å². The number of hydrogen-bond donors (Lipinski definition) is 0. The van der Waals surface area contributed by atoms with Gasteiger partial charge >= 0.3 is 0 Å². The summed E-state index contributed by atoms with van der Waals surface area (Å²) in [5.41, 5.74) is 1.53. The standard InChI is InChI=1S/C10H18/c1-4-9(5-2)8(3)10-6-7-10/h9-10H,3-7H2,1-2H3. The molecule has 0 heteroatoms. The molecule has 0 N–H and O–H groups in total. The van der Waals surface area contributed by atoms with E-state index >= 15 is 0 Å². The van der Waals surface area contributed by atoms with Crippen molar-refractivity contribution in [3.05, 3.63) is 12.2 Å². The van der Waals surface area contributed by atoms with Gasteiger partial charge in [0, 0.05) is 0 Å². The quantitative estimate of drug-likeness (QED) is 0.522. The second kappa shape index (κ2) is 3.23. The summed E-state index contributed by atoms with van der Waals surface area (Å²) in [5.74, 6) is 1.72. The van der Waals surface area contributed by atoms with Crippen LogP contribution in [0, 0.1) is 11.8 Å². The molecule has 0 aliphatic heterocycles. The van der Waals surface area contributed by atoms with Crippen molar-refractivity contribution in [2.75, 3.05) is 0 Å². The van der Waals surface area contributed by atoms with Crippen LogP contribution < -0.4 is 0 Å². The molecule has 1 aliphatic rings. The zero-order valence-corrected chi connectivity index (χ0v) is 7.19. The lowest BCUT2D eigenvalue weighted by Crippen LogP contribution is -2.01. The SMILES string of the molecule is C=C(C(CC)CC)C1CC1. The van der Waals surface area contributed by atoms with Gasteiger partial charge in [0.15, 0.2) is 0 Å². The van der Waals surface area contributed by atoms with Gasteiger partial charge in [-0.05, 0) is 37.5 Å². The van der Waals surface area contributed by atoms with Crippen LogP contribution in [0.15, 0.2) is 12.2 Å². The maximum Gasteiger partial charge on any atom is -0.0203 e. The first-order valence-corrected chi connectivity index (χ1v) is 4.48. The first kappa shape index (κ1) is 7.84. The maximum atomic E-state index is 4.16. The van der Waals surface area contributed by atoms with E-state index in [1.54, 1.807) is 0 Å². The minimum atomic E-state index is 0.812. The van der Waals surface area contributed by atoms with E-state index in [9.17, 15) is 0 Å². The molecule has 0 bridgehead atoms. The summed E-state index contributed by atoms with van der Waals surface area (Å²) in [6.45, 7) is 8.69. The van der Waals surface area contributed by atoms with E-state index in [-0.39, 0.29) is 0 Å². The summed E-state index contributed by atoms with van der Waals surface area (Å²) >= 11 is 0. The lowest BCUT2D eigenvalue weighted by Gasteiger charge is -2.14. The molecule has 1 rings (SSSR count). The molecule has 1 aliphatic carbocycles. The van der Waals surface area contributed by atoms with E-state index in [0.717, 1.165) is 11.8 Å². The third-order valence-electron chi connectivity index (χ3n) is 2.61. The van der Waals surface area contributed by atoms with Gasteiger partial charge in [0.1, 0.15) is 0 Å². The van der Waals surface area contributed by atoms with E-state index in [0.29, 0.717) is 0 Å². The molecule has 0 aromatic carbocycles. The molecule has 0 heterocycles.